The number of carbonyl (C=O) groups is 2. The quantitative estimate of drug-likeness (QED) is 0.586. The van der Waals surface area contributed by atoms with Crippen LogP contribution in [-0.2, 0) is 16.1 Å². The van der Waals surface area contributed by atoms with Gasteiger partial charge in [-0.15, -0.1) is 0 Å². The van der Waals surface area contributed by atoms with Crippen molar-refractivity contribution in [2.24, 2.45) is 0 Å². The van der Waals surface area contributed by atoms with Crippen LogP contribution in [0.1, 0.15) is 42.4 Å². The molecular weight excluding hydrogens is 400 g/mol. The lowest BCUT2D eigenvalue weighted by Gasteiger charge is -2.17. The maximum atomic E-state index is 13.0. The fourth-order valence-electron chi connectivity index (χ4n) is 2.87. The lowest BCUT2D eigenvalue weighted by Crippen LogP contribution is -2.37. The highest BCUT2D eigenvalue weighted by atomic mass is 35.5. The van der Waals surface area contributed by atoms with E-state index in [0.717, 1.165) is 10.1 Å². The molecule has 2 heterocycles. The Balaban J connectivity index is 1.90. The Bertz CT molecular complexity index is 1110. The molecule has 9 nitrogen and oxygen atoms in total. The van der Waals surface area contributed by atoms with Crippen LogP contribution < -0.4 is 10.9 Å². The Morgan fingerprint density at radius 3 is 2.76 bits per heavy atom. The monoisotopic (exact) mass is 418 g/mol. The second kappa shape index (κ2) is 8.87. The van der Waals surface area contributed by atoms with Gasteiger partial charge in [0.2, 0.25) is 11.6 Å². The standard InChI is InChI=1S/C19H19ClN4O5/c1-3-13(16(25)21-9-11-7-5-6-8-12(11)20)24-10-22-17-14(18(24)26)15(23-29-17)19(27)28-4-2/h5-8,10,13H,3-4,9H2,1-2H3,(H,21,25). The molecule has 0 spiro atoms. The van der Waals surface area contributed by atoms with Gasteiger partial charge in [-0.2, -0.15) is 0 Å². The number of benzene rings is 1. The van der Waals surface area contributed by atoms with Crippen LogP contribution in [0.2, 0.25) is 5.02 Å². The summed E-state index contributed by atoms with van der Waals surface area (Å²) in [7, 11) is 0. The van der Waals surface area contributed by atoms with Gasteiger partial charge in [-0.25, -0.2) is 9.78 Å². The minimum atomic E-state index is -0.841. The fourth-order valence-corrected chi connectivity index (χ4v) is 3.07. The molecule has 2 aromatic heterocycles. The van der Waals surface area contributed by atoms with Crippen molar-refractivity contribution in [1.29, 1.82) is 0 Å². The number of hydrogen-bond acceptors (Lipinski definition) is 7. The first-order valence-corrected chi connectivity index (χ1v) is 9.40. The maximum absolute atomic E-state index is 13.0. The third-order valence-corrected chi connectivity index (χ3v) is 4.70. The molecule has 0 aliphatic heterocycles. The summed E-state index contributed by atoms with van der Waals surface area (Å²) in [6.07, 6.45) is 1.52. The van der Waals surface area contributed by atoms with Crippen molar-refractivity contribution in [1.82, 2.24) is 20.0 Å². The second-order valence-electron chi connectivity index (χ2n) is 6.12. The molecule has 152 valence electrons. The van der Waals surface area contributed by atoms with Crippen molar-refractivity contribution in [2.45, 2.75) is 32.9 Å². The van der Waals surface area contributed by atoms with Gasteiger partial charge in [-0.1, -0.05) is 41.9 Å². The summed E-state index contributed by atoms with van der Waals surface area (Å²) in [5, 5.41) is 6.78. The number of aromatic nitrogens is 3. The number of rotatable bonds is 7. The molecule has 0 radical (unpaired) electrons. The van der Waals surface area contributed by atoms with E-state index in [-0.39, 0.29) is 35.9 Å². The molecule has 0 aliphatic carbocycles. The van der Waals surface area contributed by atoms with Gasteiger partial charge in [0.05, 0.1) is 6.61 Å². The molecule has 1 unspecified atom stereocenters. The van der Waals surface area contributed by atoms with Crippen molar-refractivity contribution in [3.8, 4) is 0 Å². The van der Waals surface area contributed by atoms with Crippen molar-refractivity contribution >= 4 is 34.6 Å². The number of amides is 1. The largest absolute Gasteiger partial charge is 0.461 e. The predicted molar refractivity (Wildman–Crippen MR) is 105 cm³/mol. The van der Waals surface area contributed by atoms with Crippen LogP contribution in [0.4, 0.5) is 0 Å². The van der Waals surface area contributed by atoms with Gasteiger partial charge in [0.25, 0.3) is 11.3 Å². The first-order valence-electron chi connectivity index (χ1n) is 9.02. The van der Waals surface area contributed by atoms with Gasteiger partial charge in [-0.3, -0.25) is 14.2 Å². The first-order chi connectivity index (χ1) is 14.0. The zero-order chi connectivity index (χ0) is 21.0. The van der Waals surface area contributed by atoms with E-state index in [0.29, 0.717) is 11.4 Å². The van der Waals surface area contributed by atoms with Crippen LogP contribution in [-0.4, -0.2) is 33.2 Å². The molecule has 1 amide bonds. The molecule has 1 N–H and O–H groups in total. The highest BCUT2D eigenvalue weighted by Crippen LogP contribution is 2.17. The van der Waals surface area contributed by atoms with Crippen molar-refractivity contribution in [3.63, 3.8) is 0 Å². The van der Waals surface area contributed by atoms with E-state index in [1.807, 2.05) is 6.07 Å². The molecule has 29 heavy (non-hydrogen) atoms. The number of hydrogen-bond donors (Lipinski definition) is 1. The molecule has 3 aromatic rings. The number of esters is 1. The zero-order valence-corrected chi connectivity index (χ0v) is 16.6. The normalized spacial score (nSPS) is 12.0. The maximum Gasteiger partial charge on any atom is 0.361 e. The highest BCUT2D eigenvalue weighted by Gasteiger charge is 2.26. The van der Waals surface area contributed by atoms with E-state index in [4.69, 9.17) is 20.9 Å². The lowest BCUT2D eigenvalue weighted by atomic mass is 10.1. The predicted octanol–water partition coefficient (Wildman–Crippen LogP) is 2.48. The Labute approximate surface area is 170 Å². The number of fused-ring (bicyclic) bond motifs is 1. The molecule has 0 saturated carbocycles. The van der Waals surface area contributed by atoms with Gasteiger partial charge < -0.3 is 14.6 Å². The summed E-state index contributed by atoms with van der Waals surface area (Å²) in [5.41, 5.74) is -0.221. The van der Waals surface area contributed by atoms with Gasteiger partial charge in [0, 0.05) is 11.6 Å². The molecule has 0 fully saturated rings. The number of nitrogens with one attached hydrogen (secondary N) is 1. The first kappa shape index (κ1) is 20.5. The van der Waals surface area contributed by atoms with E-state index < -0.39 is 17.6 Å². The summed E-state index contributed by atoms with van der Waals surface area (Å²) < 4.78 is 11.0. The Hall–Kier alpha value is -3.20. The summed E-state index contributed by atoms with van der Waals surface area (Å²) in [6, 6.07) is 6.29. The molecule has 0 aliphatic rings. The molecule has 1 atom stereocenters. The van der Waals surface area contributed by atoms with Gasteiger partial charge in [-0.05, 0) is 25.0 Å². The minimum Gasteiger partial charge on any atom is -0.461 e. The van der Waals surface area contributed by atoms with Crippen LogP contribution in [0.3, 0.4) is 0 Å². The Morgan fingerprint density at radius 2 is 2.07 bits per heavy atom. The Kier molecular flexibility index (Phi) is 6.28. The van der Waals surface area contributed by atoms with Crippen molar-refractivity contribution in [2.75, 3.05) is 6.61 Å². The fraction of sp³-hybridized carbons (Fsp3) is 0.316. The van der Waals surface area contributed by atoms with Gasteiger partial charge in [0.15, 0.2) is 0 Å². The molecule has 10 heteroatoms. The minimum absolute atomic E-state index is 0.0966. The number of ether oxygens (including phenoxy) is 1. The van der Waals surface area contributed by atoms with E-state index >= 15 is 0 Å². The summed E-state index contributed by atoms with van der Waals surface area (Å²) in [4.78, 5) is 41.8. The number of carbonyl (C=O) groups excluding carboxylic acids is 2. The zero-order valence-electron chi connectivity index (χ0n) is 15.8. The molecule has 0 saturated heterocycles. The van der Waals surface area contributed by atoms with Crippen molar-refractivity contribution < 1.29 is 18.8 Å². The average Bonchev–Trinajstić information content (AvgIpc) is 3.15. The molecular formula is C19H19ClN4O5. The SMILES string of the molecule is CCOC(=O)c1noc2ncn(C(CC)C(=O)NCc3ccccc3Cl)c(=O)c12. The average molecular weight is 419 g/mol. The van der Waals surface area contributed by atoms with E-state index in [9.17, 15) is 14.4 Å². The van der Waals surface area contributed by atoms with Crippen LogP contribution in [0.5, 0.6) is 0 Å². The molecule has 1 aromatic carbocycles. The number of nitrogens with zero attached hydrogens (tertiary/aromatic N) is 3. The third-order valence-electron chi connectivity index (χ3n) is 4.33. The van der Waals surface area contributed by atoms with Crippen LogP contribution >= 0.6 is 11.6 Å². The summed E-state index contributed by atoms with van der Waals surface area (Å²) in [6.45, 7) is 3.72. The molecule has 0 bridgehead atoms. The second-order valence-corrected chi connectivity index (χ2v) is 6.53. The third kappa shape index (κ3) is 4.14. The van der Waals surface area contributed by atoms with Crippen LogP contribution in [0.15, 0.2) is 39.9 Å². The van der Waals surface area contributed by atoms with Gasteiger partial charge >= 0.3 is 5.97 Å². The van der Waals surface area contributed by atoms with E-state index in [2.05, 4.69) is 15.5 Å². The van der Waals surface area contributed by atoms with Crippen LogP contribution in [0.25, 0.3) is 11.1 Å². The van der Waals surface area contributed by atoms with Crippen LogP contribution in [0, 0.1) is 0 Å². The summed E-state index contributed by atoms with van der Waals surface area (Å²) >= 11 is 6.11. The summed E-state index contributed by atoms with van der Waals surface area (Å²) in [5.74, 6) is -1.18. The topological polar surface area (TPSA) is 116 Å². The number of halogens is 1. The molecule has 3 rings (SSSR count). The smallest absolute Gasteiger partial charge is 0.361 e. The Morgan fingerprint density at radius 1 is 1.31 bits per heavy atom. The van der Waals surface area contributed by atoms with E-state index in [1.165, 1.54) is 6.33 Å². The highest BCUT2D eigenvalue weighted by molar-refractivity contribution is 6.31. The van der Waals surface area contributed by atoms with Crippen molar-refractivity contribution in [3.05, 3.63) is 57.2 Å². The van der Waals surface area contributed by atoms with E-state index in [1.54, 1.807) is 32.0 Å². The lowest BCUT2D eigenvalue weighted by molar-refractivity contribution is -0.124. The van der Waals surface area contributed by atoms with Gasteiger partial charge in [0.1, 0.15) is 17.8 Å².